The van der Waals surface area contributed by atoms with Crippen molar-refractivity contribution in [3.05, 3.63) is 116 Å². The van der Waals surface area contributed by atoms with E-state index in [0.717, 1.165) is 5.56 Å². The SMILES string of the molecule is CC1=C(C(=O)Nc2ccc(Cl)cc2)[C@@H](c2ccccc2Cl)C(C#N)=C(SCC(=O)Nc2ccc(C)cc2)N1. The topological polar surface area (TPSA) is 94.0 Å². The highest BCUT2D eigenvalue weighted by Gasteiger charge is 2.36. The molecule has 1 aliphatic rings. The lowest BCUT2D eigenvalue weighted by molar-refractivity contribution is -0.114. The zero-order valence-corrected chi connectivity index (χ0v) is 23.0. The number of carbonyl (C=O) groups excluding carboxylic acids is 2. The van der Waals surface area contributed by atoms with Crippen molar-refractivity contribution >= 4 is 58.2 Å². The van der Waals surface area contributed by atoms with Crippen LogP contribution < -0.4 is 16.0 Å². The van der Waals surface area contributed by atoms with Crippen LogP contribution in [0.4, 0.5) is 11.4 Å². The number of hydrogen-bond donors (Lipinski definition) is 3. The molecule has 0 fully saturated rings. The van der Waals surface area contributed by atoms with Crippen LogP contribution in [0.25, 0.3) is 0 Å². The number of nitrogens with zero attached hydrogens (tertiary/aromatic N) is 1. The van der Waals surface area contributed by atoms with Crippen molar-refractivity contribution in [3.8, 4) is 6.07 Å². The fraction of sp³-hybridized carbons (Fsp3) is 0.138. The molecule has 0 aromatic heterocycles. The minimum absolute atomic E-state index is 0.0657. The molecule has 1 heterocycles. The third-order valence-corrected chi connectivity index (χ3v) is 7.51. The number of thioether (sulfide) groups is 1. The molecule has 192 valence electrons. The molecule has 9 heteroatoms. The summed E-state index contributed by atoms with van der Waals surface area (Å²) < 4.78 is 0. The van der Waals surface area contributed by atoms with Gasteiger partial charge in [-0.2, -0.15) is 5.26 Å². The maximum Gasteiger partial charge on any atom is 0.254 e. The Labute approximate surface area is 235 Å². The summed E-state index contributed by atoms with van der Waals surface area (Å²) in [6, 6.07) is 23.6. The third kappa shape index (κ3) is 6.40. The Morgan fingerprint density at radius 1 is 0.947 bits per heavy atom. The van der Waals surface area contributed by atoms with Gasteiger partial charge in [0.05, 0.1) is 28.3 Å². The van der Waals surface area contributed by atoms with Gasteiger partial charge in [0.2, 0.25) is 5.91 Å². The van der Waals surface area contributed by atoms with Crippen LogP contribution in [-0.4, -0.2) is 17.6 Å². The average molecular weight is 564 g/mol. The van der Waals surface area contributed by atoms with Gasteiger partial charge in [-0.25, -0.2) is 0 Å². The lowest BCUT2D eigenvalue weighted by Gasteiger charge is -2.30. The van der Waals surface area contributed by atoms with Gasteiger partial charge >= 0.3 is 0 Å². The van der Waals surface area contributed by atoms with Gasteiger partial charge in [0.15, 0.2) is 0 Å². The first-order chi connectivity index (χ1) is 18.3. The van der Waals surface area contributed by atoms with Crippen LogP contribution in [0.5, 0.6) is 0 Å². The third-order valence-electron chi connectivity index (χ3n) is 5.89. The van der Waals surface area contributed by atoms with E-state index < -0.39 is 5.92 Å². The Bertz CT molecular complexity index is 1480. The second-order valence-electron chi connectivity index (χ2n) is 8.64. The second-order valence-corrected chi connectivity index (χ2v) is 10.5. The fourth-order valence-electron chi connectivity index (χ4n) is 4.05. The van der Waals surface area contributed by atoms with Crippen molar-refractivity contribution in [2.75, 3.05) is 16.4 Å². The van der Waals surface area contributed by atoms with Crippen molar-refractivity contribution < 1.29 is 9.59 Å². The zero-order chi connectivity index (χ0) is 27.2. The van der Waals surface area contributed by atoms with E-state index in [-0.39, 0.29) is 17.6 Å². The van der Waals surface area contributed by atoms with Crippen LogP contribution in [0.1, 0.15) is 24.0 Å². The Hall–Kier alpha value is -3.70. The number of carbonyl (C=O) groups is 2. The number of nitrogens with one attached hydrogen (secondary N) is 3. The fourth-order valence-corrected chi connectivity index (χ4v) is 5.31. The summed E-state index contributed by atoms with van der Waals surface area (Å²) in [6.07, 6.45) is 0. The van der Waals surface area contributed by atoms with E-state index in [2.05, 4.69) is 22.0 Å². The number of allylic oxidation sites excluding steroid dienone is 2. The monoisotopic (exact) mass is 562 g/mol. The van der Waals surface area contributed by atoms with E-state index >= 15 is 0 Å². The van der Waals surface area contributed by atoms with E-state index in [9.17, 15) is 14.9 Å². The first-order valence-electron chi connectivity index (χ1n) is 11.7. The molecular weight excluding hydrogens is 539 g/mol. The summed E-state index contributed by atoms with van der Waals surface area (Å²) in [4.78, 5) is 26.2. The molecule has 3 aromatic carbocycles. The van der Waals surface area contributed by atoms with E-state index in [1.165, 1.54) is 11.8 Å². The minimum Gasteiger partial charge on any atom is -0.353 e. The van der Waals surface area contributed by atoms with Gasteiger partial charge in [-0.05, 0) is 61.9 Å². The van der Waals surface area contributed by atoms with E-state index in [0.29, 0.717) is 48.9 Å². The first kappa shape index (κ1) is 27.3. The van der Waals surface area contributed by atoms with Crippen LogP contribution in [0.3, 0.4) is 0 Å². The lowest BCUT2D eigenvalue weighted by atomic mass is 9.82. The van der Waals surface area contributed by atoms with E-state index in [4.69, 9.17) is 23.2 Å². The molecular formula is C29H24Cl2N4O2S. The molecule has 38 heavy (non-hydrogen) atoms. The average Bonchev–Trinajstić information content (AvgIpc) is 2.90. The number of rotatable bonds is 7. The van der Waals surface area contributed by atoms with Crippen LogP contribution in [0.15, 0.2) is 94.7 Å². The standard InChI is InChI=1S/C29H24Cl2N4O2S/c1-17-7-11-20(12-8-17)34-25(36)16-38-29-23(15-32)27(22-5-3-4-6-24(22)31)26(18(2)33-29)28(37)35-21-13-9-19(30)10-14-21/h3-14,27,33H,16H2,1-2H3,(H,34,36)(H,35,37)/t27-/m0/s1. The summed E-state index contributed by atoms with van der Waals surface area (Å²) in [5, 5.41) is 20.7. The number of aryl methyl sites for hydroxylation is 1. The molecule has 3 N–H and O–H groups in total. The highest BCUT2D eigenvalue weighted by Crippen LogP contribution is 2.43. The number of halogens is 2. The molecule has 0 saturated heterocycles. The highest BCUT2D eigenvalue weighted by molar-refractivity contribution is 8.03. The summed E-state index contributed by atoms with van der Waals surface area (Å²) in [7, 11) is 0. The van der Waals surface area contributed by atoms with Gasteiger partial charge in [-0.1, -0.05) is 70.9 Å². The smallest absolute Gasteiger partial charge is 0.254 e. The van der Waals surface area contributed by atoms with Crippen LogP contribution in [0.2, 0.25) is 10.0 Å². The highest BCUT2D eigenvalue weighted by atomic mass is 35.5. The van der Waals surface area contributed by atoms with Crippen LogP contribution >= 0.6 is 35.0 Å². The van der Waals surface area contributed by atoms with Gasteiger partial charge in [-0.3, -0.25) is 9.59 Å². The summed E-state index contributed by atoms with van der Waals surface area (Å²) in [5.41, 5.74) is 4.19. The van der Waals surface area contributed by atoms with Crippen LogP contribution in [0, 0.1) is 18.3 Å². The lowest BCUT2D eigenvalue weighted by Crippen LogP contribution is -2.31. The van der Waals surface area contributed by atoms with Crippen molar-refractivity contribution in [1.82, 2.24) is 5.32 Å². The maximum absolute atomic E-state index is 13.5. The van der Waals surface area contributed by atoms with Crippen molar-refractivity contribution in [3.63, 3.8) is 0 Å². The first-order valence-corrected chi connectivity index (χ1v) is 13.4. The summed E-state index contributed by atoms with van der Waals surface area (Å²) >= 11 is 13.7. The van der Waals surface area contributed by atoms with Crippen molar-refractivity contribution in [2.45, 2.75) is 19.8 Å². The Morgan fingerprint density at radius 2 is 1.58 bits per heavy atom. The van der Waals surface area contributed by atoms with Crippen LogP contribution in [-0.2, 0) is 9.59 Å². The molecule has 0 spiro atoms. The molecule has 4 rings (SSSR count). The second kappa shape index (κ2) is 12.2. The molecule has 3 aromatic rings. The molecule has 1 aliphatic heterocycles. The van der Waals surface area contributed by atoms with Gasteiger partial charge in [0.25, 0.3) is 5.91 Å². The zero-order valence-electron chi connectivity index (χ0n) is 20.6. The molecule has 0 saturated carbocycles. The Kier molecular flexibility index (Phi) is 8.80. The maximum atomic E-state index is 13.5. The number of amides is 2. The van der Waals surface area contributed by atoms with Crippen molar-refractivity contribution in [1.29, 1.82) is 5.26 Å². The van der Waals surface area contributed by atoms with Gasteiger partial charge < -0.3 is 16.0 Å². The Balaban J connectivity index is 1.63. The van der Waals surface area contributed by atoms with Gasteiger partial charge in [-0.15, -0.1) is 0 Å². The predicted molar refractivity (Wildman–Crippen MR) is 155 cm³/mol. The number of anilines is 2. The number of benzene rings is 3. The number of nitriles is 1. The largest absolute Gasteiger partial charge is 0.353 e. The molecule has 0 radical (unpaired) electrons. The summed E-state index contributed by atoms with van der Waals surface area (Å²) in [6.45, 7) is 3.74. The summed E-state index contributed by atoms with van der Waals surface area (Å²) in [5.74, 6) is -1.26. The molecule has 0 bridgehead atoms. The minimum atomic E-state index is -0.732. The predicted octanol–water partition coefficient (Wildman–Crippen LogP) is 7.01. The molecule has 0 aliphatic carbocycles. The van der Waals surface area contributed by atoms with Gasteiger partial charge in [0, 0.05) is 32.7 Å². The van der Waals surface area contributed by atoms with E-state index in [1.807, 2.05) is 37.3 Å². The number of dihydropyridines is 1. The Morgan fingerprint density at radius 3 is 2.24 bits per heavy atom. The van der Waals surface area contributed by atoms with Crippen molar-refractivity contribution in [2.24, 2.45) is 0 Å². The molecule has 1 atom stereocenters. The molecule has 6 nitrogen and oxygen atoms in total. The van der Waals surface area contributed by atoms with E-state index in [1.54, 1.807) is 49.4 Å². The normalized spacial score (nSPS) is 15.0. The number of hydrogen-bond acceptors (Lipinski definition) is 5. The molecule has 2 amide bonds. The quantitative estimate of drug-likeness (QED) is 0.288. The van der Waals surface area contributed by atoms with Gasteiger partial charge in [0.1, 0.15) is 0 Å². The molecule has 0 unspecified atom stereocenters.